The third-order valence-corrected chi connectivity index (χ3v) is 8.64. The quantitative estimate of drug-likeness (QED) is 0.717. The summed E-state index contributed by atoms with van der Waals surface area (Å²) >= 11 is 0. The maximum atomic E-state index is 10.9. The van der Waals surface area contributed by atoms with Crippen molar-refractivity contribution in [3.05, 3.63) is 12.2 Å². The highest BCUT2D eigenvalue weighted by atomic mass is 16.3. The van der Waals surface area contributed by atoms with Gasteiger partial charge in [-0.1, -0.05) is 26.8 Å². The van der Waals surface area contributed by atoms with Gasteiger partial charge in [-0.15, -0.1) is 0 Å². The van der Waals surface area contributed by atoms with Crippen molar-refractivity contribution in [2.45, 2.75) is 77.2 Å². The minimum absolute atomic E-state index is 0.109. The van der Waals surface area contributed by atoms with Crippen LogP contribution in [0.5, 0.6) is 0 Å². The summed E-state index contributed by atoms with van der Waals surface area (Å²) in [5.41, 5.74) is 1.31. The van der Waals surface area contributed by atoms with E-state index in [9.17, 15) is 10.2 Å². The topological polar surface area (TPSA) is 40.5 Å². The Hall–Kier alpha value is -0.340. The van der Waals surface area contributed by atoms with Crippen LogP contribution < -0.4 is 0 Å². The molecular formula is C20H32O2. The average molecular weight is 304 g/mol. The Bertz CT molecular complexity index is 514. The van der Waals surface area contributed by atoms with Gasteiger partial charge < -0.3 is 10.2 Å². The summed E-state index contributed by atoms with van der Waals surface area (Å²) in [5.74, 6) is 1.36. The second kappa shape index (κ2) is 4.39. The van der Waals surface area contributed by atoms with Gasteiger partial charge in [0.1, 0.15) is 0 Å². The van der Waals surface area contributed by atoms with Gasteiger partial charge in [0.15, 0.2) is 0 Å². The third-order valence-electron chi connectivity index (χ3n) is 8.64. The first kappa shape index (κ1) is 15.2. The summed E-state index contributed by atoms with van der Waals surface area (Å²) in [6.07, 6.45) is 10.3. The lowest BCUT2D eigenvalue weighted by molar-refractivity contribution is -0.171. The van der Waals surface area contributed by atoms with Crippen molar-refractivity contribution in [3.8, 4) is 0 Å². The van der Waals surface area contributed by atoms with E-state index in [4.69, 9.17) is 0 Å². The summed E-state index contributed by atoms with van der Waals surface area (Å²) in [5, 5.41) is 21.0. The molecule has 0 amide bonds. The first-order chi connectivity index (χ1) is 10.3. The van der Waals surface area contributed by atoms with Gasteiger partial charge >= 0.3 is 0 Å². The Kier molecular flexibility index (Phi) is 3.03. The van der Waals surface area contributed by atoms with Crippen LogP contribution in [0.4, 0.5) is 0 Å². The fourth-order valence-electron chi connectivity index (χ4n) is 7.67. The zero-order valence-electron chi connectivity index (χ0n) is 14.3. The van der Waals surface area contributed by atoms with Crippen molar-refractivity contribution in [1.29, 1.82) is 0 Å². The minimum Gasteiger partial charge on any atom is -0.396 e. The molecule has 0 aromatic rings. The van der Waals surface area contributed by atoms with E-state index >= 15 is 0 Å². The zero-order valence-corrected chi connectivity index (χ0v) is 14.3. The lowest BCUT2D eigenvalue weighted by Crippen LogP contribution is -2.58. The summed E-state index contributed by atoms with van der Waals surface area (Å²) < 4.78 is 0. The van der Waals surface area contributed by atoms with Crippen molar-refractivity contribution in [2.75, 3.05) is 6.61 Å². The SMILES string of the molecule is C=C1C[C@]23CC[C@H]4[C@](C)(CO)CCC[C@]4(C)[C@H]2CC[C@@]1(O)C3. The summed E-state index contributed by atoms with van der Waals surface area (Å²) in [6.45, 7) is 9.41. The summed E-state index contributed by atoms with van der Waals surface area (Å²) in [6, 6.07) is 0. The standard InChI is InChI=1S/C20H32O2/c1-14-11-19-9-5-15-17(2,13-21)7-4-8-18(15,3)16(19)6-10-20(14,22)12-19/h15-16,21-22H,1,4-13H2,2-3H3/t15-,16+,17-,18-,19-,20+/m0/s1. The van der Waals surface area contributed by atoms with E-state index in [1.165, 1.54) is 32.1 Å². The van der Waals surface area contributed by atoms with E-state index in [-0.39, 0.29) is 5.41 Å². The number of rotatable bonds is 1. The van der Waals surface area contributed by atoms with Crippen molar-refractivity contribution < 1.29 is 10.2 Å². The van der Waals surface area contributed by atoms with Crippen LogP contribution in [-0.2, 0) is 0 Å². The molecule has 0 aromatic heterocycles. The van der Waals surface area contributed by atoms with Gasteiger partial charge in [0, 0.05) is 6.61 Å². The summed E-state index contributed by atoms with van der Waals surface area (Å²) in [7, 11) is 0. The number of aliphatic hydroxyl groups is 2. The molecule has 4 aliphatic rings. The molecule has 4 rings (SSSR count). The molecule has 2 heteroatoms. The van der Waals surface area contributed by atoms with E-state index < -0.39 is 5.60 Å². The molecule has 6 atom stereocenters. The van der Waals surface area contributed by atoms with Crippen LogP contribution in [0.2, 0.25) is 0 Å². The van der Waals surface area contributed by atoms with Gasteiger partial charge in [-0.05, 0) is 85.0 Å². The lowest BCUT2D eigenvalue weighted by Gasteiger charge is -2.64. The summed E-state index contributed by atoms with van der Waals surface area (Å²) in [4.78, 5) is 0. The molecule has 2 nitrogen and oxygen atoms in total. The van der Waals surface area contributed by atoms with E-state index in [0.29, 0.717) is 29.3 Å². The van der Waals surface area contributed by atoms with Crippen LogP contribution >= 0.6 is 0 Å². The first-order valence-corrected chi connectivity index (χ1v) is 9.30. The van der Waals surface area contributed by atoms with E-state index in [1.807, 2.05) is 0 Å². The predicted molar refractivity (Wildman–Crippen MR) is 88.4 cm³/mol. The molecule has 4 saturated carbocycles. The molecule has 124 valence electrons. The molecule has 0 radical (unpaired) electrons. The van der Waals surface area contributed by atoms with Crippen LogP contribution in [-0.4, -0.2) is 22.4 Å². The fourth-order valence-corrected chi connectivity index (χ4v) is 7.67. The Labute approximate surface area is 135 Å². The van der Waals surface area contributed by atoms with Gasteiger partial charge in [0.2, 0.25) is 0 Å². The largest absolute Gasteiger partial charge is 0.396 e. The molecular weight excluding hydrogens is 272 g/mol. The lowest BCUT2D eigenvalue weighted by atomic mass is 9.41. The second-order valence-electron chi connectivity index (χ2n) is 9.71. The second-order valence-corrected chi connectivity index (χ2v) is 9.71. The molecule has 0 unspecified atom stereocenters. The number of fused-ring (bicyclic) bond motifs is 3. The maximum Gasteiger partial charge on any atom is 0.0860 e. The average Bonchev–Trinajstić information content (AvgIpc) is 2.64. The molecule has 22 heavy (non-hydrogen) atoms. The molecule has 2 bridgehead atoms. The molecule has 0 saturated heterocycles. The number of aliphatic hydroxyl groups excluding tert-OH is 1. The first-order valence-electron chi connectivity index (χ1n) is 9.30. The smallest absolute Gasteiger partial charge is 0.0860 e. The highest BCUT2D eigenvalue weighted by Crippen LogP contribution is 2.72. The van der Waals surface area contributed by atoms with Gasteiger partial charge in [0.25, 0.3) is 0 Å². The fraction of sp³-hybridized carbons (Fsp3) is 0.900. The van der Waals surface area contributed by atoms with Crippen LogP contribution in [0, 0.1) is 28.1 Å². The van der Waals surface area contributed by atoms with Crippen LogP contribution in [0.15, 0.2) is 12.2 Å². The van der Waals surface area contributed by atoms with Gasteiger partial charge in [0.05, 0.1) is 5.60 Å². The van der Waals surface area contributed by atoms with Crippen LogP contribution in [0.3, 0.4) is 0 Å². The molecule has 0 aliphatic heterocycles. The maximum absolute atomic E-state index is 10.9. The van der Waals surface area contributed by atoms with Crippen molar-refractivity contribution in [1.82, 2.24) is 0 Å². The van der Waals surface area contributed by atoms with Gasteiger partial charge in [-0.2, -0.15) is 0 Å². The Morgan fingerprint density at radius 3 is 2.55 bits per heavy atom. The van der Waals surface area contributed by atoms with Crippen LogP contribution in [0.1, 0.15) is 71.6 Å². The van der Waals surface area contributed by atoms with E-state index in [0.717, 1.165) is 31.3 Å². The number of hydrogen-bond acceptors (Lipinski definition) is 2. The molecule has 0 heterocycles. The molecule has 4 aliphatic carbocycles. The molecule has 4 fully saturated rings. The Morgan fingerprint density at radius 2 is 1.82 bits per heavy atom. The monoisotopic (exact) mass is 304 g/mol. The van der Waals surface area contributed by atoms with Crippen LogP contribution in [0.25, 0.3) is 0 Å². The molecule has 2 N–H and O–H groups in total. The number of hydrogen-bond donors (Lipinski definition) is 2. The molecule has 1 spiro atoms. The predicted octanol–water partition coefficient (Wildman–Crippen LogP) is 4.06. The highest BCUT2D eigenvalue weighted by molar-refractivity contribution is 5.29. The third kappa shape index (κ3) is 1.69. The van der Waals surface area contributed by atoms with Gasteiger partial charge in [-0.3, -0.25) is 0 Å². The van der Waals surface area contributed by atoms with Crippen molar-refractivity contribution in [3.63, 3.8) is 0 Å². The Balaban J connectivity index is 1.74. The molecule has 0 aromatic carbocycles. The minimum atomic E-state index is -0.561. The Morgan fingerprint density at radius 1 is 1.09 bits per heavy atom. The normalized spacial score (nSPS) is 57.4. The van der Waals surface area contributed by atoms with Crippen molar-refractivity contribution >= 4 is 0 Å². The highest BCUT2D eigenvalue weighted by Gasteiger charge is 2.66. The van der Waals surface area contributed by atoms with Crippen molar-refractivity contribution in [2.24, 2.45) is 28.1 Å². The van der Waals surface area contributed by atoms with Gasteiger partial charge in [-0.25, -0.2) is 0 Å². The van der Waals surface area contributed by atoms with E-state index in [1.54, 1.807) is 0 Å². The zero-order chi connectivity index (χ0) is 15.8. The van der Waals surface area contributed by atoms with E-state index in [2.05, 4.69) is 20.4 Å².